The number of nitrogens with two attached hydrogens (primary N) is 1. The standard InChI is InChI=1S/C11H21NO3/c1-4-6-8(3)9(13)11(12,7-5-2)10(14)15/h8H,4-7,12H2,1-3H3,(H,14,15). The largest absolute Gasteiger partial charge is 0.480 e. The van der Waals surface area contributed by atoms with E-state index in [-0.39, 0.29) is 18.1 Å². The van der Waals surface area contributed by atoms with E-state index < -0.39 is 11.5 Å². The van der Waals surface area contributed by atoms with Gasteiger partial charge in [0, 0.05) is 5.92 Å². The summed E-state index contributed by atoms with van der Waals surface area (Å²) in [5, 5.41) is 9.01. The molecular weight excluding hydrogens is 194 g/mol. The topological polar surface area (TPSA) is 80.4 Å². The summed E-state index contributed by atoms with van der Waals surface area (Å²) in [4.78, 5) is 22.9. The summed E-state index contributed by atoms with van der Waals surface area (Å²) in [5.74, 6) is -1.83. The van der Waals surface area contributed by atoms with Crippen molar-refractivity contribution >= 4 is 11.8 Å². The van der Waals surface area contributed by atoms with Crippen LogP contribution in [0.25, 0.3) is 0 Å². The Balaban J connectivity index is 4.77. The fourth-order valence-electron chi connectivity index (χ4n) is 1.73. The second kappa shape index (κ2) is 5.85. The van der Waals surface area contributed by atoms with Crippen LogP contribution in [0.2, 0.25) is 0 Å². The van der Waals surface area contributed by atoms with Gasteiger partial charge in [-0.3, -0.25) is 4.79 Å². The van der Waals surface area contributed by atoms with Gasteiger partial charge in [-0.2, -0.15) is 0 Å². The second-order valence-corrected chi connectivity index (χ2v) is 4.08. The van der Waals surface area contributed by atoms with Crippen LogP contribution in [0.15, 0.2) is 0 Å². The van der Waals surface area contributed by atoms with E-state index in [9.17, 15) is 9.59 Å². The molecule has 3 N–H and O–H groups in total. The van der Waals surface area contributed by atoms with E-state index in [1.165, 1.54) is 0 Å². The van der Waals surface area contributed by atoms with Gasteiger partial charge in [0.05, 0.1) is 0 Å². The average Bonchev–Trinajstić information content (AvgIpc) is 2.17. The number of rotatable bonds is 7. The minimum Gasteiger partial charge on any atom is -0.480 e. The summed E-state index contributed by atoms with van der Waals surface area (Å²) in [7, 11) is 0. The molecule has 0 aliphatic rings. The molecule has 0 aromatic rings. The Morgan fingerprint density at radius 1 is 1.33 bits per heavy atom. The molecule has 4 nitrogen and oxygen atoms in total. The minimum absolute atomic E-state index is 0.204. The van der Waals surface area contributed by atoms with Crippen molar-refractivity contribution < 1.29 is 14.7 Å². The lowest BCUT2D eigenvalue weighted by Crippen LogP contribution is -2.56. The van der Waals surface area contributed by atoms with Crippen LogP contribution in [0.1, 0.15) is 46.5 Å². The molecular formula is C11H21NO3. The Kier molecular flexibility index (Phi) is 5.50. The van der Waals surface area contributed by atoms with E-state index in [4.69, 9.17) is 10.8 Å². The van der Waals surface area contributed by atoms with E-state index in [0.717, 1.165) is 6.42 Å². The van der Waals surface area contributed by atoms with Crippen molar-refractivity contribution in [2.75, 3.05) is 0 Å². The Hall–Kier alpha value is -0.900. The SMILES string of the molecule is CCCC(C)C(=O)C(N)(CCC)C(=O)O. The number of hydrogen-bond acceptors (Lipinski definition) is 3. The van der Waals surface area contributed by atoms with Gasteiger partial charge in [0.1, 0.15) is 0 Å². The summed E-state index contributed by atoms with van der Waals surface area (Å²) < 4.78 is 0. The van der Waals surface area contributed by atoms with Gasteiger partial charge in [-0.25, -0.2) is 4.79 Å². The number of carbonyl (C=O) groups excluding carboxylic acids is 1. The van der Waals surface area contributed by atoms with Gasteiger partial charge in [0.2, 0.25) is 0 Å². The Morgan fingerprint density at radius 3 is 2.20 bits per heavy atom. The third-order valence-corrected chi connectivity index (χ3v) is 2.63. The Bertz CT molecular complexity index is 240. The molecule has 0 radical (unpaired) electrons. The monoisotopic (exact) mass is 215 g/mol. The number of carboxylic acid groups (broad SMARTS) is 1. The van der Waals surface area contributed by atoms with Crippen LogP contribution >= 0.6 is 0 Å². The van der Waals surface area contributed by atoms with Crippen molar-refractivity contribution in [1.29, 1.82) is 0 Å². The summed E-state index contributed by atoms with van der Waals surface area (Å²) in [6.45, 7) is 5.52. The molecule has 0 aromatic heterocycles. The average molecular weight is 215 g/mol. The highest BCUT2D eigenvalue weighted by Gasteiger charge is 2.42. The van der Waals surface area contributed by atoms with E-state index in [2.05, 4.69) is 0 Å². The molecule has 88 valence electrons. The number of aliphatic carboxylic acids is 1. The summed E-state index contributed by atoms with van der Waals surface area (Å²) >= 11 is 0. The van der Waals surface area contributed by atoms with Crippen LogP contribution in [0.3, 0.4) is 0 Å². The summed E-state index contributed by atoms with van der Waals surface area (Å²) in [6.07, 6.45) is 2.34. The molecule has 0 spiro atoms. The number of ketones is 1. The zero-order valence-corrected chi connectivity index (χ0v) is 9.75. The van der Waals surface area contributed by atoms with Crippen LogP contribution in [0.5, 0.6) is 0 Å². The maximum Gasteiger partial charge on any atom is 0.331 e. The predicted molar refractivity (Wildman–Crippen MR) is 58.5 cm³/mol. The molecule has 2 atom stereocenters. The molecule has 0 aliphatic heterocycles. The molecule has 0 fully saturated rings. The van der Waals surface area contributed by atoms with Crippen LogP contribution in [-0.4, -0.2) is 22.4 Å². The number of Topliss-reactive ketones (excluding diaryl/α,β-unsaturated/α-hetero) is 1. The highest BCUT2D eigenvalue weighted by molar-refractivity contribution is 6.08. The molecule has 0 amide bonds. The molecule has 15 heavy (non-hydrogen) atoms. The molecule has 2 unspecified atom stereocenters. The van der Waals surface area contributed by atoms with E-state index in [1.807, 2.05) is 13.8 Å². The van der Waals surface area contributed by atoms with Crippen molar-refractivity contribution in [3.05, 3.63) is 0 Å². The van der Waals surface area contributed by atoms with Crippen molar-refractivity contribution in [3.63, 3.8) is 0 Å². The van der Waals surface area contributed by atoms with E-state index >= 15 is 0 Å². The molecule has 0 saturated carbocycles. The molecule has 4 heteroatoms. The van der Waals surface area contributed by atoms with Gasteiger partial charge >= 0.3 is 5.97 Å². The Morgan fingerprint density at radius 2 is 1.87 bits per heavy atom. The van der Waals surface area contributed by atoms with Gasteiger partial charge in [0.25, 0.3) is 0 Å². The first-order valence-corrected chi connectivity index (χ1v) is 5.46. The second-order valence-electron chi connectivity index (χ2n) is 4.08. The van der Waals surface area contributed by atoms with Crippen molar-refractivity contribution in [3.8, 4) is 0 Å². The Labute approximate surface area is 90.8 Å². The van der Waals surface area contributed by atoms with Crippen molar-refractivity contribution in [2.45, 2.75) is 52.0 Å². The van der Waals surface area contributed by atoms with Gasteiger partial charge in [0.15, 0.2) is 11.3 Å². The molecule has 0 heterocycles. The van der Waals surface area contributed by atoms with Crippen LogP contribution in [0, 0.1) is 5.92 Å². The third-order valence-electron chi connectivity index (χ3n) is 2.63. The quantitative estimate of drug-likeness (QED) is 0.632. The molecule has 0 saturated heterocycles. The smallest absolute Gasteiger partial charge is 0.331 e. The van der Waals surface area contributed by atoms with E-state index in [0.29, 0.717) is 12.8 Å². The third kappa shape index (κ3) is 3.30. The maximum atomic E-state index is 11.9. The molecule has 0 rings (SSSR count). The highest BCUT2D eigenvalue weighted by atomic mass is 16.4. The number of carboxylic acids is 1. The number of hydrogen-bond donors (Lipinski definition) is 2. The fourth-order valence-corrected chi connectivity index (χ4v) is 1.73. The van der Waals surface area contributed by atoms with Gasteiger partial charge in [-0.1, -0.05) is 33.6 Å². The predicted octanol–water partition coefficient (Wildman–Crippen LogP) is 1.57. The zero-order chi connectivity index (χ0) is 12.1. The fraction of sp³-hybridized carbons (Fsp3) is 0.818. The van der Waals surface area contributed by atoms with Crippen molar-refractivity contribution in [1.82, 2.24) is 0 Å². The first kappa shape index (κ1) is 14.1. The number of carbonyl (C=O) groups is 2. The lowest BCUT2D eigenvalue weighted by atomic mass is 9.82. The lowest BCUT2D eigenvalue weighted by Gasteiger charge is -2.25. The lowest BCUT2D eigenvalue weighted by molar-refractivity contribution is -0.150. The zero-order valence-electron chi connectivity index (χ0n) is 9.75. The first-order chi connectivity index (χ1) is 6.90. The molecule has 0 bridgehead atoms. The van der Waals surface area contributed by atoms with Crippen LogP contribution in [0.4, 0.5) is 0 Å². The molecule has 0 aliphatic carbocycles. The first-order valence-electron chi connectivity index (χ1n) is 5.46. The van der Waals surface area contributed by atoms with Gasteiger partial charge < -0.3 is 10.8 Å². The maximum absolute atomic E-state index is 11.9. The van der Waals surface area contributed by atoms with Crippen molar-refractivity contribution in [2.24, 2.45) is 11.7 Å². The van der Waals surface area contributed by atoms with Crippen LogP contribution in [-0.2, 0) is 9.59 Å². The normalized spacial score (nSPS) is 16.8. The van der Waals surface area contributed by atoms with E-state index in [1.54, 1.807) is 6.92 Å². The summed E-state index contributed by atoms with van der Waals surface area (Å²) in [6, 6.07) is 0. The molecule has 0 aromatic carbocycles. The van der Waals surface area contributed by atoms with Gasteiger partial charge in [-0.15, -0.1) is 0 Å². The van der Waals surface area contributed by atoms with Crippen LogP contribution < -0.4 is 5.73 Å². The summed E-state index contributed by atoms with van der Waals surface area (Å²) in [5.41, 5.74) is 3.99. The van der Waals surface area contributed by atoms with Gasteiger partial charge in [-0.05, 0) is 12.8 Å². The highest BCUT2D eigenvalue weighted by Crippen LogP contribution is 2.19. The minimum atomic E-state index is -1.69.